The van der Waals surface area contributed by atoms with E-state index >= 15 is 0 Å². The summed E-state index contributed by atoms with van der Waals surface area (Å²) in [6.07, 6.45) is 0. The Morgan fingerprint density at radius 2 is 1.80 bits per heavy atom. The van der Waals surface area contributed by atoms with Crippen LogP contribution in [0.15, 0.2) is 18.2 Å². The van der Waals surface area contributed by atoms with Gasteiger partial charge < -0.3 is 26.5 Å². The first-order valence-electron chi connectivity index (χ1n) is 4.26. The van der Waals surface area contributed by atoms with Crippen LogP contribution in [0.5, 0.6) is 11.5 Å². The van der Waals surface area contributed by atoms with Gasteiger partial charge in [0.25, 0.3) is 0 Å². The summed E-state index contributed by atoms with van der Waals surface area (Å²) in [4.78, 5) is 0. The Balaban J connectivity index is 0. The summed E-state index contributed by atoms with van der Waals surface area (Å²) in [5, 5.41) is 0. The van der Waals surface area contributed by atoms with E-state index in [9.17, 15) is 0 Å². The number of methoxy groups -OCH3 is 1. The van der Waals surface area contributed by atoms with Gasteiger partial charge in [0.15, 0.2) is 0 Å². The third kappa shape index (κ3) is 6.27. The second-order valence-electron chi connectivity index (χ2n) is 3.79. The fourth-order valence-electron chi connectivity index (χ4n) is 0.975. The van der Waals surface area contributed by atoms with Crippen molar-refractivity contribution in [1.29, 1.82) is 0 Å². The summed E-state index contributed by atoms with van der Waals surface area (Å²) in [6.45, 7) is 6.01. The van der Waals surface area contributed by atoms with Gasteiger partial charge in [0.05, 0.1) is 18.5 Å². The Labute approximate surface area is 118 Å². The first kappa shape index (κ1) is 17.5. The molecular formula is C11H15BrMgO2. The maximum atomic E-state index is 5.68. The van der Waals surface area contributed by atoms with Gasteiger partial charge in [0, 0.05) is 5.75 Å². The van der Waals surface area contributed by atoms with Gasteiger partial charge in [-0.25, -0.2) is 0 Å². The van der Waals surface area contributed by atoms with E-state index in [0.717, 1.165) is 11.5 Å². The molecule has 0 aliphatic rings. The molecule has 1 aromatic carbocycles. The molecule has 0 saturated carbocycles. The molecule has 1 aromatic rings. The number of hydrogen-bond acceptors (Lipinski definition) is 2. The van der Waals surface area contributed by atoms with Gasteiger partial charge in [-0.05, 0) is 20.8 Å². The molecule has 0 unspecified atom stereocenters. The Morgan fingerprint density at radius 3 is 2.27 bits per heavy atom. The summed E-state index contributed by atoms with van der Waals surface area (Å²) < 4.78 is 10.8. The first-order chi connectivity index (χ1) is 6.03. The van der Waals surface area contributed by atoms with Gasteiger partial charge in [0.2, 0.25) is 0 Å². The normalized spacial score (nSPS) is 9.60. The molecule has 0 N–H and O–H groups in total. The molecule has 0 radical (unpaired) electrons. The van der Waals surface area contributed by atoms with Crippen LogP contribution in [0.1, 0.15) is 20.8 Å². The van der Waals surface area contributed by atoms with Crippen LogP contribution in [0, 0.1) is 6.07 Å². The average molecular weight is 283 g/mol. The fraction of sp³-hybridized carbons (Fsp3) is 0.455. The van der Waals surface area contributed by atoms with Crippen molar-refractivity contribution in [1.82, 2.24) is 0 Å². The molecule has 80 valence electrons. The summed E-state index contributed by atoms with van der Waals surface area (Å²) in [5.41, 5.74) is -0.200. The molecule has 0 heterocycles. The summed E-state index contributed by atoms with van der Waals surface area (Å²) in [6, 6.07) is 8.36. The molecule has 0 amide bonds. The van der Waals surface area contributed by atoms with Crippen LogP contribution in [0.25, 0.3) is 0 Å². The molecule has 0 aliphatic carbocycles. The van der Waals surface area contributed by atoms with E-state index in [-0.39, 0.29) is 45.6 Å². The second kappa shape index (κ2) is 7.36. The number of benzene rings is 1. The van der Waals surface area contributed by atoms with Gasteiger partial charge in [0.1, 0.15) is 0 Å². The van der Waals surface area contributed by atoms with Gasteiger partial charge in [-0.3, -0.25) is 0 Å². The van der Waals surface area contributed by atoms with Crippen LogP contribution in [0.2, 0.25) is 0 Å². The zero-order valence-corrected chi connectivity index (χ0v) is 12.6. The minimum absolute atomic E-state index is 0. The van der Waals surface area contributed by atoms with Crippen LogP contribution >= 0.6 is 0 Å². The minimum atomic E-state index is -0.200. The van der Waals surface area contributed by atoms with Crippen LogP contribution in [-0.2, 0) is 0 Å². The van der Waals surface area contributed by atoms with Crippen LogP contribution in [-0.4, -0.2) is 35.8 Å². The number of ether oxygens (including phenoxy) is 2. The third-order valence-corrected chi connectivity index (χ3v) is 1.42. The van der Waals surface area contributed by atoms with Crippen molar-refractivity contribution in [3.05, 3.63) is 24.3 Å². The molecular weight excluding hydrogens is 268 g/mol. The number of hydrogen-bond donors (Lipinski definition) is 0. The Morgan fingerprint density at radius 1 is 1.20 bits per heavy atom. The van der Waals surface area contributed by atoms with Gasteiger partial charge in [-0.1, -0.05) is 0 Å². The van der Waals surface area contributed by atoms with Crippen LogP contribution < -0.4 is 26.5 Å². The number of rotatable bonds is 2. The van der Waals surface area contributed by atoms with Crippen molar-refractivity contribution in [2.45, 2.75) is 26.4 Å². The van der Waals surface area contributed by atoms with Gasteiger partial charge in [-0.15, -0.1) is 12.1 Å². The molecule has 1 rings (SSSR count). The molecule has 0 spiro atoms. The second-order valence-corrected chi connectivity index (χ2v) is 3.79. The Kier molecular flexibility index (Phi) is 8.56. The molecule has 2 nitrogen and oxygen atoms in total. The Hall–Kier alpha value is 0.0662. The predicted molar refractivity (Wildman–Crippen MR) is 58.0 cm³/mol. The van der Waals surface area contributed by atoms with Crippen molar-refractivity contribution < 1.29 is 26.5 Å². The molecule has 0 saturated heterocycles. The fourth-order valence-corrected chi connectivity index (χ4v) is 0.975. The largest absolute Gasteiger partial charge is 2.00 e. The van der Waals surface area contributed by atoms with Gasteiger partial charge in [-0.2, -0.15) is 12.1 Å². The average Bonchev–Trinajstić information content (AvgIpc) is 2.02. The van der Waals surface area contributed by atoms with E-state index in [4.69, 9.17) is 9.47 Å². The number of halogens is 1. The first-order valence-corrected chi connectivity index (χ1v) is 4.26. The standard InChI is InChI=1S/C11H15O2.BrH.Mg/c1-11(2,3)13-10-8-6-5-7-9(10)12-4;;/h6-8H,1-4H3;1H;/q-1;;+2/p-1. The van der Waals surface area contributed by atoms with Crippen molar-refractivity contribution in [3.8, 4) is 11.5 Å². The summed E-state index contributed by atoms with van der Waals surface area (Å²) >= 11 is 0. The zero-order valence-electron chi connectivity index (χ0n) is 9.63. The van der Waals surface area contributed by atoms with Gasteiger partial charge >= 0.3 is 23.1 Å². The minimum Gasteiger partial charge on any atom is -1.00 e. The molecule has 0 atom stereocenters. The third-order valence-electron chi connectivity index (χ3n) is 1.42. The van der Waals surface area contributed by atoms with Crippen LogP contribution in [0.4, 0.5) is 0 Å². The van der Waals surface area contributed by atoms with Crippen molar-refractivity contribution in [2.24, 2.45) is 0 Å². The summed E-state index contributed by atoms with van der Waals surface area (Å²) in [7, 11) is 1.62. The van der Waals surface area contributed by atoms with E-state index in [2.05, 4.69) is 6.07 Å². The van der Waals surface area contributed by atoms with Crippen LogP contribution in [0.3, 0.4) is 0 Å². The molecule has 0 bridgehead atoms. The zero-order chi connectivity index (χ0) is 9.90. The maximum absolute atomic E-state index is 5.68. The SMILES string of the molecule is COc1c[c-]ccc1OC(C)(C)C.[Br-].[Mg+2]. The van der Waals surface area contributed by atoms with Crippen molar-refractivity contribution in [2.75, 3.05) is 7.11 Å². The van der Waals surface area contributed by atoms with E-state index in [0.29, 0.717) is 0 Å². The predicted octanol–water partition coefficient (Wildman–Crippen LogP) is -0.704. The Bertz CT molecular complexity index is 284. The topological polar surface area (TPSA) is 18.5 Å². The quantitative estimate of drug-likeness (QED) is 0.528. The molecule has 0 aliphatic heterocycles. The van der Waals surface area contributed by atoms with E-state index < -0.39 is 0 Å². The van der Waals surface area contributed by atoms with E-state index in [1.165, 1.54) is 0 Å². The smallest absolute Gasteiger partial charge is 1.00 e. The van der Waals surface area contributed by atoms with Crippen molar-refractivity contribution in [3.63, 3.8) is 0 Å². The van der Waals surface area contributed by atoms with Crippen molar-refractivity contribution >= 4 is 23.1 Å². The molecule has 4 heteroatoms. The monoisotopic (exact) mass is 282 g/mol. The molecule has 15 heavy (non-hydrogen) atoms. The van der Waals surface area contributed by atoms with E-state index in [1.807, 2.05) is 32.9 Å². The molecule has 0 fully saturated rings. The summed E-state index contributed by atoms with van der Waals surface area (Å²) in [5.74, 6) is 1.48. The van der Waals surface area contributed by atoms with E-state index in [1.54, 1.807) is 13.2 Å². The maximum Gasteiger partial charge on any atom is 2.00 e. The molecule has 0 aromatic heterocycles.